The number of amides is 1. The van der Waals surface area contributed by atoms with Crippen molar-refractivity contribution in [2.24, 2.45) is 5.73 Å². The van der Waals surface area contributed by atoms with Crippen LogP contribution in [0.2, 0.25) is 5.02 Å². The zero-order valence-electron chi connectivity index (χ0n) is 19.4. The Bertz CT molecular complexity index is 1730. The topological polar surface area (TPSA) is 118 Å². The van der Waals surface area contributed by atoms with Crippen molar-refractivity contribution < 1.29 is 19.4 Å². The molecule has 4 aromatic carbocycles. The Labute approximate surface area is 216 Å². The Morgan fingerprint density at radius 2 is 1.70 bits per heavy atom. The largest absolute Gasteiger partial charge is 0.481 e. The van der Waals surface area contributed by atoms with E-state index >= 15 is 0 Å². The smallest absolute Gasteiger partial charge is 0.341 e. The number of rotatable bonds is 7. The maximum Gasteiger partial charge on any atom is 0.341 e. The van der Waals surface area contributed by atoms with Crippen molar-refractivity contribution in [1.29, 1.82) is 5.26 Å². The second-order valence-electron chi connectivity index (χ2n) is 8.52. The number of carboxylic acids is 1. The van der Waals surface area contributed by atoms with E-state index < -0.39 is 18.5 Å². The van der Waals surface area contributed by atoms with Gasteiger partial charge in [0.15, 0.2) is 6.61 Å². The summed E-state index contributed by atoms with van der Waals surface area (Å²) < 4.78 is 7.79. The monoisotopic (exact) mass is 509 g/mol. The summed E-state index contributed by atoms with van der Waals surface area (Å²) in [4.78, 5) is 23.8. The highest BCUT2D eigenvalue weighted by molar-refractivity contribution is 6.30. The fraction of sp³-hybridized carbons (Fsp3) is 0.0690. The Morgan fingerprint density at radius 3 is 2.41 bits per heavy atom. The lowest BCUT2D eigenvalue weighted by Crippen LogP contribution is -2.11. The highest BCUT2D eigenvalue weighted by Gasteiger charge is 2.22. The summed E-state index contributed by atoms with van der Waals surface area (Å²) in [5.41, 5.74) is 10.5. The van der Waals surface area contributed by atoms with E-state index in [-0.39, 0.29) is 0 Å². The lowest BCUT2D eigenvalue weighted by molar-refractivity contribution is -0.139. The highest BCUT2D eigenvalue weighted by Crippen LogP contribution is 2.41. The van der Waals surface area contributed by atoms with Gasteiger partial charge in [-0.2, -0.15) is 5.26 Å². The van der Waals surface area contributed by atoms with Gasteiger partial charge in [0.05, 0.1) is 28.1 Å². The van der Waals surface area contributed by atoms with Crippen molar-refractivity contribution in [2.45, 2.75) is 6.54 Å². The minimum absolute atomic E-state index is 0.298. The van der Waals surface area contributed by atoms with Gasteiger partial charge in [0.1, 0.15) is 5.75 Å². The van der Waals surface area contributed by atoms with Crippen LogP contribution in [0.4, 0.5) is 0 Å². The van der Waals surface area contributed by atoms with Crippen molar-refractivity contribution in [3.05, 3.63) is 101 Å². The Hall–Kier alpha value is -4.80. The van der Waals surface area contributed by atoms with Gasteiger partial charge in [0.25, 0.3) is 0 Å². The molecule has 0 aliphatic heterocycles. The van der Waals surface area contributed by atoms with E-state index in [4.69, 9.17) is 22.1 Å². The number of nitrogens with two attached hydrogens (primary N) is 1. The van der Waals surface area contributed by atoms with Gasteiger partial charge in [-0.3, -0.25) is 4.79 Å². The lowest BCUT2D eigenvalue weighted by atomic mass is 10.0. The minimum Gasteiger partial charge on any atom is -0.481 e. The summed E-state index contributed by atoms with van der Waals surface area (Å²) >= 11 is 6.09. The molecule has 182 valence electrons. The molecule has 5 aromatic rings. The molecule has 0 fully saturated rings. The molecule has 0 spiro atoms. The molecule has 0 aliphatic carbocycles. The Kier molecular flexibility index (Phi) is 6.26. The molecule has 0 bridgehead atoms. The predicted octanol–water partition coefficient (Wildman–Crippen LogP) is 5.60. The second-order valence-corrected chi connectivity index (χ2v) is 8.96. The number of aromatic nitrogens is 1. The SMILES string of the molecule is N#Cc1cccc(Cn2c3cc(-c4ccc(Cl)cc4)cc(OCC(=O)O)c3c3c(C(N)=O)cccc32)c1. The van der Waals surface area contributed by atoms with E-state index in [1.54, 1.807) is 42.5 Å². The van der Waals surface area contributed by atoms with E-state index in [1.165, 1.54) is 0 Å². The summed E-state index contributed by atoms with van der Waals surface area (Å²) in [5.74, 6) is -1.42. The summed E-state index contributed by atoms with van der Waals surface area (Å²) in [6.07, 6.45) is 0. The molecule has 0 radical (unpaired) electrons. The number of carbonyl (C=O) groups is 2. The molecule has 0 atom stereocenters. The normalized spacial score (nSPS) is 10.9. The van der Waals surface area contributed by atoms with Gasteiger partial charge in [0.2, 0.25) is 5.91 Å². The number of benzene rings is 4. The van der Waals surface area contributed by atoms with Crippen molar-refractivity contribution in [2.75, 3.05) is 6.61 Å². The molecule has 1 aromatic heterocycles. The molecule has 8 heteroatoms. The molecule has 3 N–H and O–H groups in total. The number of carbonyl (C=O) groups excluding carboxylic acids is 1. The zero-order valence-corrected chi connectivity index (χ0v) is 20.2. The third-order valence-electron chi connectivity index (χ3n) is 6.15. The van der Waals surface area contributed by atoms with Gasteiger partial charge in [-0.15, -0.1) is 0 Å². The van der Waals surface area contributed by atoms with Gasteiger partial charge in [-0.05, 0) is 65.2 Å². The van der Waals surface area contributed by atoms with E-state index in [1.807, 2.05) is 41.0 Å². The fourth-order valence-corrected chi connectivity index (χ4v) is 4.71. The average Bonchev–Trinajstić information content (AvgIpc) is 3.21. The van der Waals surface area contributed by atoms with Gasteiger partial charge in [-0.1, -0.05) is 41.9 Å². The van der Waals surface area contributed by atoms with Crippen LogP contribution in [-0.2, 0) is 11.3 Å². The quantitative estimate of drug-likeness (QED) is 0.296. The number of fused-ring (bicyclic) bond motifs is 3. The molecule has 1 amide bonds. The number of hydrogen-bond donors (Lipinski definition) is 2. The zero-order chi connectivity index (χ0) is 26.1. The molecule has 0 aliphatic rings. The number of aliphatic carboxylic acids is 1. The van der Waals surface area contributed by atoms with Crippen LogP contribution in [0.3, 0.4) is 0 Å². The molecule has 0 saturated carbocycles. The van der Waals surface area contributed by atoms with Crippen LogP contribution >= 0.6 is 11.6 Å². The fourth-order valence-electron chi connectivity index (χ4n) is 4.58. The first kappa shape index (κ1) is 23.9. The number of halogens is 1. The van der Waals surface area contributed by atoms with Crippen LogP contribution < -0.4 is 10.5 Å². The first-order valence-electron chi connectivity index (χ1n) is 11.3. The third kappa shape index (κ3) is 4.58. The third-order valence-corrected chi connectivity index (χ3v) is 6.40. The molecule has 7 nitrogen and oxygen atoms in total. The molecular weight excluding hydrogens is 490 g/mol. The second kappa shape index (κ2) is 9.69. The van der Waals surface area contributed by atoms with Gasteiger partial charge < -0.3 is 20.1 Å². The highest BCUT2D eigenvalue weighted by atomic mass is 35.5. The van der Waals surface area contributed by atoms with Crippen molar-refractivity contribution in [3.63, 3.8) is 0 Å². The first-order valence-corrected chi connectivity index (χ1v) is 11.7. The average molecular weight is 510 g/mol. The number of carboxylic acid groups (broad SMARTS) is 1. The Balaban J connectivity index is 1.86. The predicted molar refractivity (Wildman–Crippen MR) is 142 cm³/mol. The van der Waals surface area contributed by atoms with Crippen molar-refractivity contribution in [3.8, 4) is 22.9 Å². The molecular formula is C29H20ClN3O4. The minimum atomic E-state index is -1.13. The molecule has 37 heavy (non-hydrogen) atoms. The summed E-state index contributed by atoms with van der Waals surface area (Å²) in [5, 5.41) is 20.4. The molecule has 0 unspecified atom stereocenters. The van der Waals surface area contributed by atoms with Gasteiger partial charge >= 0.3 is 5.97 Å². The number of nitrogens with zero attached hydrogens (tertiary/aromatic N) is 2. The number of primary amides is 1. The van der Waals surface area contributed by atoms with Gasteiger partial charge in [0, 0.05) is 22.5 Å². The van der Waals surface area contributed by atoms with Gasteiger partial charge in [-0.25, -0.2) is 4.79 Å². The first-order chi connectivity index (χ1) is 17.9. The maximum absolute atomic E-state index is 12.4. The van der Waals surface area contributed by atoms with E-state index in [0.29, 0.717) is 39.2 Å². The number of nitriles is 1. The molecule has 0 saturated heterocycles. The van der Waals surface area contributed by atoms with E-state index in [0.717, 1.165) is 27.7 Å². The molecule has 5 rings (SSSR count). The van der Waals surface area contributed by atoms with Crippen LogP contribution in [0.1, 0.15) is 21.5 Å². The van der Waals surface area contributed by atoms with E-state index in [9.17, 15) is 20.0 Å². The number of ether oxygens (including phenoxy) is 1. The lowest BCUT2D eigenvalue weighted by Gasteiger charge is -2.12. The van der Waals surface area contributed by atoms with Crippen LogP contribution in [0.5, 0.6) is 5.75 Å². The van der Waals surface area contributed by atoms with Crippen LogP contribution in [0.25, 0.3) is 32.9 Å². The summed E-state index contributed by atoms with van der Waals surface area (Å²) in [6.45, 7) is -0.172. The van der Waals surface area contributed by atoms with Crippen LogP contribution in [0, 0.1) is 11.3 Å². The van der Waals surface area contributed by atoms with Crippen LogP contribution in [-0.4, -0.2) is 28.2 Å². The standard InChI is InChI=1S/C29H20ClN3O4/c30-21-9-7-19(8-10-21)20-12-24-28(25(13-20)37-16-26(34)35)27-22(29(32)36)5-2-6-23(27)33(24)15-18-4-1-3-17(11-18)14-31/h1-13H,15-16H2,(H2,32,36)(H,34,35). The van der Waals surface area contributed by atoms with Crippen molar-refractivity contribution in [1.82, 2.24) is 4.57 Å². The van der Waals surface area contributed by atoms with Crippen LogP contribution in [0.15, 0.2) is 78.9 Å². The van der Waals surface area contributed by atoms with Crippen molar-refractivity contribution >= 4 is 45.3 Å². The van der Waals surface area contributed by atoms with E-state index in [2.05, 4.69) is 6.07 Å². The Morgan fingerprint density at radius 1 is 0.946 bits per heavy atom. The number of hydrogen-bond acceptors (Lipinski definition) is 4. The summed E-state index contributed by atoms with van der Waals surface area (Å²) in [7, 11) is 0. The maximum atomic E-state index is 12.4. The molecule has 1 heterocycles. The summed E-state index contributed by atoms with van der Waals surface area (Å²) in [6, 6.07) is 25.7.